The van der Waals surface area contributed by atoms with Gasteiger partial charge in [-0.1, -0.05) is 18.5 Å². The normalized spacial score (nSPS) is 23.0. The summed E-state index contributed by atoms with van der Waals surface area (Å²) in [5.41, 5.74) is 0.717. The Kier molecular flexibility index (Phi) is 4.63. The Balaban J connectivity index is 2.24. The first-order valence-electron chi connectivity index (χ1n) is 6.53. The van der Waals surface area contributed by atoms with Crippen molar-refractivity contribution < 1.29 is 13.5 Å². The Morgan fingerprint density at radius 3 is 2.84 bits per heavy atom. The van der Waals surface area contributed by atoms with Crippen molar-refractivity contribution in [3.05, 3.63) is 28.8 Å². The standard InChI is InChI=1S/C14H18ClF2NO/c1-2-14(6-3-7-18-14)9-10-8-11(15)4-5-12(10)19-13(16)17/h4-5,8,13,18H,2-3,6-7,9H2,1H3. The highest BCUT2D eigenvalue weighted by molar-refractivity contribution is 6.30. The van der Waals surface area contributed by atoms with Crippen molar-refractivity contribution in [2.45, 2.75) is 44.8 Å². The second-order valence-corrected chi connectivity index (χ2v) is 5.41. The summed E-state index contributed by atoms with van der Waals surface area (Å²) in [5.74, 6) is 0.223. The highest BCUT2D eigenvalue weighted by Crippen LogP contribution is 2.33. The summed E-state index contributed by atoms with van der Waals surface area (Å²) in [6, 6.07) is 4.81. The quantitative estimate of drug-likeness (QED) is 0.884. The fourth-order valence-corrected chi connectivity index (χ4v) is 2.90. The number of rotatable bonds is 5. The Morgan fingerprint density at radius 2 is 2.26 bits per heavy atom. The molecule has 5 heteroatoms. The first kappa shape index (κ1) is 14.5. The molecule has 0 amide bonds. The van der Waals surface area contributed by atoms with Crippen LogP contribution in [0, 0.1) is 0 Å². The van der Waals surface area contributed by atoms with Crippen molar-refractivity contribution in [2.24, 2.45) is 0 Å². The van der Waals surface area contributed by atoms with Gasteiger partial charge in [0.05, 0.1) is 0 Å². The van der Waals surface area contributed by atoms with Gasteiger partial charge in [-0.05, 0) is 56.0 Å². The molecule has 0 spiro atoms. The van der Waals surface area contributed by atoms with E-state index in [0.29, 0.717) is 11.4 Å². The molecule has 0 aliphatic carbocycles. The minimum Gasteiger partial charge on any atom is -0.435 e. The molecule has 0 radical (unpaired) electrons. The van der Waals surface area contributed by atoms with E-state index in [-0.39, 0.29) is 11.3 Å². The van der Waals surface area contributed by atoms with Gasteiger partial charge in [0.1, 0.15) is 5.75 Å². The lowest BCUT2D eigenvalue weighted by Crippen LogP contribution is -2.41. The monoisotopic (exact) mass is 289 g/mol. The van der Waals surface area contributed by atoms with Crippen molar-refractivity contribution >= 4 is 11.6 Å². The molecule has 106 valence electrons. The summed E-state index contributed by atoms with van der Waals surface area (Å²) in [6.07, 6.45) is 3.77. The molecule has 0 saturated carbocycles. The fraction of sp³-hybridized carbons (Fsp3) is 0.571. The minimum atomic E-state index is -2.81. The highest BCUT2D eigenvalue weighted by Gasteiger charge is 2.32. The summed E-state index contributed by atoms with van der Waals surface area (Å²) in [7, 11) is 0. The summed E-state index contributed by atoms with van der Waals surface area (Å²) in [4.78, 5) is 0. The Bertz CT molecular complexity index is 433. The van der Waals surface area contributed by atoms with Gasteiger partial charge in [0.25, 0.3) is 0 Å². The van der Waals surface area contributed by atoms with E-state index in [1.165, 1.54) is 6.07 Å². The molecule has 1 atom stereocenters. The highest BCUT2D eigenvalue weighted by atomic mass is 35.5. The molecule has 1 saturated heterocycles. The maximum atomic E-state index is 12.4. The largest absolute Gasteiger partial charge is 0.435 e. The zero-order valence-electron chi connectivity index (χ0n) is 10.9. The second kappa shape index (κ2) is 6.06. The predicted octanol–water partition coefficient (Wildman–Crippen LogP) is 4.02. The van der Waals surface area contributed by atoms with Crippen LogP contribution in [0.3, 0.4) is 0 Å². The van der Waals surface area contributed by atoms with Gasteiger partial charge in [0.15, 0.2) is 0 Å². The third kappa shape index (κ3) is 3.57. The second-order valence-electron chi connectivity index (χ2n) is 4.97. The molecule has 1 aliphatic heterocycles. The van der Waals surface area contributed by atoms with Gasteiger partial charge in [-0.25, -0.2) is 0 Å². The van der Waals surface area contributed by atoms with E-state index in [9.17, 15) is 8.78 Å². The van der Waals surface area contributed by atoms with E-state index < -0.39 is 6.61 Å². The van der Waals surface area contributed by atoms with Crippen LogP contribution >= 0.6 is 11.6 Å². The zero-order chi connectivity index (χ0) is 13.9. The smallest absolute Gasteiger partial charge is 0.387 e. The summed E-state index contributed by atoms with van der Waals surface area (Å²) >= 11 is 5.96. The van der Waals surface area contributed by atoms with E-state index in [1.807, 2.05) is 0 Å². The summed E-state index contributed by atoms with van der Waals surface area (Å²) < 4.78 is 29.4. The van der Waals surface area contributed by atoms with Gasteiger partial charge >= 0.3 is 6.61 Å². The molecular formula is C14H18ClF2NO. The third-order valence-corrected chi connectivity index (χ3v) is 4.01. The maximum absolute atomic E-state index is 12.4. The Morgan fingerprint density at radius 1 is 1.47 bits per heavy atom. The van der Waals surface area contributed by atoms with Crippen LogP contribution < -0.4 is 10.1 Å². The number of halogens is 3. The summed E-state index contributed by atoms with van der Waals surface area (Å²) in [5, 5.41) is 4.02. The molecule has 1 aromatic rings. The molecule has 1 fully saturated rings. The van der Waals surface area contributed by atoms with Crippen LogP contribution in [0.25, 0.3) is 0 Å². The summed E-state index contributed by atoms with van der Waals surface area (Å²) in [6.45, 7) is 0.268. The molecular weight excluding hydrogens is 272 g/mol. The van der Waals surface area contributed by atoms with Gasteiger partial charge in [-0.2, -0.15) is 8.78 Å². The molecule has 19 heavy (non-hydrogen) atoms. The maximum Gasteiger partial charge on any atom is 0.387 e. The van der Waals surface area contributed by atoms with Crippen molar-refractivity contribution in [1.29, 1.82) is 0 Å². The molecule has 1 unspecified atom stereocenters. The van der Waals surface area contributed by atoms with Gasteiger partial charge in [0.2, 0.25) is 0 Å². The average Bonchev–Trinajstić information content (AvgIpc) is 2.81. The number of benzene rings is 1. The van der Waals surface area contributed by atoms with E-state index in [2.05, 4.69) is 17.0 Å². The Labute approximate surface area is 117 Å². The zero-order valence-corrected chi connectivity index (χ0v) is 11.6. The molecule has 1 aliphatic rings. The van der Waals surface area contributed by atoms with Gasteiger partial charge in [-0.3, -0.25) is 0 Å². The average molecular weight is 290 g/mol. The van der Waals surface area contributed by atoms with E-state index in [1.54, 1.807) is 12.1 Å². The first-order chi connectivity index (χ1) is 9.04. The molecule has 1 N–H and O–H groups in total. The molecule has 2 nitrogen and oxygen atoms in total. The number of ether oxygens (including phenoxy) is 1. The lowest BCUT2D eigenvalue weighted by molar-refractivity contribution is -0.0506. The minimum absolute atomic E-state index is 0.0229. The molecule has 0 aromatic heterocycles. The van der Waals surface area contributed by atoms with Crippen LogP contribution in [0.1, 0.15) is 31.7 Å². The van der Waals surface area contributed by atoms with Crippen molar-refractivity contribution in [3.63, 3.8) is 0 Å². The van der Waals surface area contributed by atoms with Crippen LogP contribution in [0.15, 0.2) is 18.2 Å². The Hall–Kier alpha value is -0.870. The number of hydrogen-bond donors (Lipinski definition) is 1. The lowest BCUT2D eigenvalue weighted by Gasteiger charge is -2.29. The van der Waals surface area contributed by atoms with E-state index in [4.69, 9.17) is 11.6 Å². The molecule has 0 bridgehead atoms. The number of alkyl halides is 2. The predicted molar refractivity (Wildman–Crippen MR) is 72.0 cm³/mol. The van der Waals surface area contributed by atoms with Gasteiger partial charge < -0.3 is 10.1 Å². The van der Waals surface area contributed by atoms with Crippen LogP contribution in [0.2, 0.25) is 5.02 Å². The van der Waals surface area contributed by atoms with Crippen LogP contribution in [0.4, 0.5) is 8.78 Å². The molecule has 1 aromatic carbocycles. The van der Waals surface area contributed by atoms with Crippen LogP contribution in [0.5, 0.6) is 5.75 Å². The fourth-order valence-electron chi connectivity index (χ4n) is 2.71. The number of nitrogens with one attached hydrogen (secondary N) is 1. The van der Waals surface area contributed by atoms with E-state index >= 15 is 0 Å². The molecule has 2 rings (SSSR count). The van der Waals surface area contributed by atoms with Crippen molar-refractivity contribution in [1.82, 2.24) is 5.32 Å². The van der Waals surface area contributed by atoms with E-state index in [0.717, 1.165) is 31.4 Å². The molecule has 1 heterocycles. The lowest BCUT2D eigenvalue weighted by atomic mass is 9.86. The van der Waals surface area contributed by atoms with Gasteiger partial charge in [0, 0.05) is 10.6 Å². The van der Waals surface area contributed by atoms with Crippen molar-refractivity contribution in [3.8, 4) is 5.75 Å². The van der Waals surface area contributed by atoms with Gasteiger partial charge in [-0.15, -0.1) is 0 Å². The van der Waals surface area contributed by atoms with Crippen molar-refractivity contribution in [2.75, 3.05) is 6.54 Å². The first-order valence-corrected chi connectivity index (χ1v) is 6.91. The van der Waals surface area contributed by atoms with Crippen LogP contribution in [-0.4, -0.2) is 18.7 Å². The third-order valence-electron chi connectivity index (χ3n) is 3.78. The topological polar surface area (TPSA) is 21.3 Å². The van der Waals surface area contributed by atoms with Crippen LogP contribution in [-0.2, 0) is 6.42 Å². The SMILES string of the molecule is CCC1(Cc2cc(Cl)ccc2OC(F)F)CCCN1. The number of hydrogen-bond acceptors (Lipinski definition) is 2.